The van der Waals surface area contributed by atoms with Crippen molar-refractivity contribution in [3.63, 3.8) is 0 Å². The average Bonchev–Trinajstić information content (AvgIpc) is 2.59. The van der Waals surface area contributed by atoms with Crippen molar-refractivity contribution in [3.8, 4) is 0 Å². The third kappa shape index (κ3) is 3.83. The molecule has 2 aromatic rings. The molecule has 0 unspecified atom stereocenters. The number of pyridine rings is 1. The van der Waals surface area contributed by atoms with Gasteiger partial charge in [-0.15, -0.1) is 0 Å². The van der Waals surface area contributed by atoms with Gasteiger partial charge in [0.05, 0.1) is 13.2 Å². The first-order valence-corrected chi connectivity index (χ1v) is 8.35. The highest BCUT2D eigenvalue weighted by atomic mass is 16.5. The Morgan fingerprint density at radius 3 is 2.92 bits per heavy atom. The SMILES string of the molecule is Cc1ccc2c(=O)c(C(=O)NCCCN3CCOCC3)c[nH]c2c1. The van der Waals surface area contributed by atoms with Crippen LogP contribution in [-0.2, 0) is 4.74 Å². The molecule has 0 saturated carbocycles. The molecule has 0 radical (unpaired) electrons. The van der Waals surface area contributed by atoms with Gasteiger partial charge in [-0.1, -0.05) is 6.07 Å². The second-order valence-electron chi connectivity index (χ2n) is 6.14. The number of carbonyl (C=O) groups excluding carboxylic acids is 1. The Kier molecular flexibility index (Phi) is 5.27. The lowest BCUT2D eigenvalue weighted by atomic mass is 10.1. The molecule has 128 valence electrons. The number of ether oxygens (including phenoxy) is 1. The van der Waals surface area contributed by atoms with Crippen LogP contribution in [0.3, 0.4) is 0 Å². The lowest BCUT2D eigenvalue weighted by Crippen LogP contribution is -2.38. The Morgan fingerprint density at radius 2 is 2.12 bits per heavy atom. The number of aromatic amines is 1. The Morgan fingerprint density at radius 1 is 1.33 bits per heavy atom. The maximum absolute atomic E-state index is 12.5. The molecular weight excluding hydrogens is 306 g/mol. The summed E-state index contributed by atoms with van der Waals surface area (Å²) in [6.45, 7) is 6.89. The van der Waals surface area contributed by atoms with Crippen LogP contribution in [-0.4, -0.2) is 55.2 Å². The fourth-order valence-electron chi connectivity index (χ4n) is 2.93. The molecule has 2 N–H and O–H groups in total. The van der Waals surface area contributed by atoms with Crippen LogP contribution in [0.4, 0.5) is 0 Å². The van der Waals surface area contributed by atoms with Crippen molar-refractivity contribution in [1.82, 2.24) is 15.2 Å². The molecule has 1 aliphatic rings. The van der Waals surface area contributed by atoms with Gasteiger partial charge in [-0.25, -0.2) is 0 Å². The fourth-order valence-corrected chi connectivity index (χ4v) is 2.93. The number of rotatable bonds is 5. The number of benzene rings is 1. The van der Waals surface area contributed by atoms with Gasteiger partial charge in [0, 0.05) is 36.7 Å². The fraction of sp³-hybridized carbons (Fsp3) is 0.444. The Labute approximate surface area is 140 Å². The standard InChI is InChI=1S/C18H23N3O3/c1-13-3-4-14-16(11-13)20-12-15(17(14)22)18(23)19-5-2-6-21-7-9-24-10-8-21/h3-4,11-12H,2,5-10H2,1H3,(H,19,23)(H,20,22). The van der Waals surface area contributed by atoms with E-state index >= 15 is 0 Å². The average molecular weight is 329 g/mol. The van der Waals surface area contributed by atoms with E-state index < -0.39 is 0 Å². The van der Waals surface area contributed by atoms with E-state index in [-0.39, 0.29) is 16.9 Å². The number of aromatic nitrogens is 1. The van der Waals surface area contributed by atoms with Crippen molar-refractivity contribution >= 4 is 16.8 Å². The number of nitrogens with one attached hydrogen (secondary N) is 2. The monoisotopic (exact) mass is 329 g/mol. The van der Waals surface area contributed by atoms with Crippen LogP contribution in [0.5, 0.6) is 0 Å². The minimum absolute atomic E-state index is 0.165. The van der Waals surface area contributed by atoms with E-state index in [2.05, 4.69) is 15.2 Å². The van der Waals surface area contributed by atoms with Gasteiger partial charge < -0.3 is 15.0 Å². The summed E-state index contributed by atoms with van der Waals surface area (Å²) in [5, 5.41) is 3.38. The van der Waals surface area contributed by atoms with Gasteiger partial charge >= 0.3 is 0 Å². The highest BCUT2D eigenvalue weighted by molar-refractivity contribution is 5.97. The molecule has 24 heavy (non-hydrogen) atoms. The molecule has 0 spiro atoms. The number of carbonyl (C=O) groups is 1. The number of hydrogen-bond acceptors (Lipinski definition) is 4. The summed E-state index contributed by atoms with van der Waals surface area (Å²) < 4.78 is 5.31. The molecule has 0 atom stereocenters. The van der Waals surface area contributed by atoms with Crippen molar-refractivity contribution < 1.29 is 9.53 Å². The van der Waals surface area contributed by atoms with E-state index in [1.807, 2.05) is 19.1 Å². The van der Waals surface area contributed by atoms with Gasteiger partial charge in [-0.3, -0.25) is 14.5 Å². The number of amides is 1. The number of hydrogen-bond donors (Lipinski definition) is 2. The third-order valence-corrected chi connectivity index (χ3v) is 4.32. The summed E-state index contributed by atoms with van der Waals surface area (Å²) in [7, 11) is 0. The topological polar surface area (TPSA) is 74.4 Å². The molecule has 0 bridgehead atoms. The highest BCUT2D eigenvalue weighted by Gasteiger charge is 2.13. The van der Waals surface area contributed by atoms with E-state index in [1.54, 1.807) is 6.07 Å². The summed E-state index contributed by atoms with van der Waals surface area (Å²) in [4.78, 5) is 30.1. The predicted molar refractivity (Wildman–Crippen MR) is 93.5 cm³/mol. The maximum Gasteiger partial charge on any atom is 0.256 e. The van der Waals surface area contributed by atoms with Crippen molar-refractivity contribution in [2.75, 3.05) is 39.4 Å². The molecule has 0 aliphatic carbocycles. The third-order valence-electron chi connectivity index (χ3n) is 4.32. The zero-order chi connectivity index (χ0) is 16.9. The van der Waals surface area contributed by atoms with Crippen LogP contribution in [0.25, 0.3) is 10.9 Å². The summed E-state index contributed by atoms with van der Waals surface area (Å²) in [6.07, 6.45) is 2.36. The summed E-state index contributed by atoms with van der Waals surface area (Å²) in [5.41, 5.74) is 1.76. The number of aryl methyl sites for hydroxylation is 1. The largest absolute Gasteiger partial charge is 0.379 e. The van der Waals surface area contributed by atoms with E-state index in [4.69, 9.17) is 4.74 Å². The van der Waals surface area contributed by atoms with E-state index in [9.17, 15) is 9.59 Å². The molecule has 1 fully saturated rings. The molecule has 6 heteroatoms. The van der Waals surface area contributed by atoms with Crippen molar-refractivity contribution in [1.29, 1.82) is 0 Å². The zero-order valence-electron chi connectivity index (χ0n) is 13.9. The molecule has 1 amide bonds. The van der Waals surface area contributed by atoms with E-state index in [1.165, 1.54) is 6.20 Å². The van der Waals surface area contributed by atoms with Crippen LogP contribution in [0.15, 0.2) is 29.2 Å². The van der Waals surface area contributed by atoms with Crippen LogP contribution in [0, 0.1) is 6.92 Å². The van der Waals surface area contributed by atoms with Crippen LogP contribution >= 0.6 is 0 Å². The van der Waals surface area contributed by atoms with Gasteiger partial charge in [-0.2, -0.15) is 0 Å². The zero-order valence-corrected chi connectivity index (χ0v) is 13.9. The second kappa shape index (κ2) is 7.59. The molecule has 1 saturated heterocycles. The lowest BCUT2D eigenvalue weighted by molar-refractivity contribution is 0.0374. The predicted octanol–water partition coefficient (Wildman–Crippen LogP) is 1.29. The van der Waals surface area contributed by atoms with Gasteiger partial charge in [0.15, 0.2) is 0 Å². The quantitative estimate of drug-likeness (QED) is 0.811. The number of fused-ring (bicyclic) bond motifs is 1. The summed E-state index contributed by atoms with van der Waals surface area (Å²) >= 11 is 0. The Balaban J connectivity index is 1.58. The first kappa shape index (κ1) is 16.7. The first-order valence-electron chi connectivity index (χ1n) is 8.35. The molecule has 2 heterocycles. The Bertz CT molecular complexity index is 779. The number of H-pyrrole nitrogens is 1. The molecule has 1 aromatic heterocycles. The molecule has 1 aromatic carbocycles. The first-order chi connectivity index (χ1) is 11.6. The molecular formula is C18H23N3O3. The summed E-state index contributed by atoms with van der Waals surface area (Å²) in [5.74, 6) is -0.319. The number of morpholine rings is 1. The van der Waals surface area contributed by atoms with Crippen LogP contribution in [0.2, 0.25) is 0 Å². The van der Waals surface area contributed by atoms with Gasteiger partial charge in [-0.05, 0) is 37.6 Å². The van der Waals surface area contributed by atoms with Gasteiger partial charge in [0.25, 0.3) is 5.91 Å². The lowest BCUT2D eigenvalue weighted by Gasteiger charge is -2.26. The van der Waals surface area contributed by atoms with Crippen molar-refractivity contribution in [2.24, 2.45) is 0 Å². The van der Waals surface area contributed by atoms with Crippen LogP contribution in [0.1, 0.15) is 22.3 Å². The number of nitrogens with zero attached hydrogens (tertiary/aromatic N) is 1. The normalized spacial score (nSPS) is 15.5. The van der Waals surface area contributed by atoms with Crippen molar-refractivity contribution in [2.45, 2.75) is 13.3 Å². The van der Waals surface area contributed by atoms with E-state index in [0.29, 0.717) is 11.9 Å². The molecule has 6 nitrogen and oxygen atoms in total. The second-order valence-corrected chi connectivity index (χ2v) is 6.14. The van der Waals surface area contributed by atoms with Gasteiger partial charge in [0.1, 0.15) is 5.56 Å². The van der Waals surface area contributed by atoms with E-state index in [0.717, 1.165) is 50.3 Å². The Hall–Kier alpha value is -2.18. The summed E-state index contributed by atoms with van der Waals surface area (Å²) in [6, 6.07) is 5.54. The maximum atomic E-state index is 12.5. The van der Waals surface area contributed by atoms with Crippen molar-refractivity contribution in [3.05, 3.63) is 45.7 Å². The minimum atomic E-state index is -0.319. The van der Waals surface area contributed by atoms with Gasteiger partial charge in [0.2, 0.25) is 5.43 Å². The minimum Gasteiger partial charge on any atom is -0.379 e. The van der Waals surface area contributed by atoms with Crippen LogP contribution < -0.4 is 10.7 Å². The smallest absolute Gasteiger partial charge is 0.256 e. The highest BCUT2D eigenvalue weighted by Crippen LogP contribution is 2.10. The molecule has 3 rings (SSSR count). The molecule has 1 aliphatic heterocycles.